The van der Waals surface area contributed by atoms with Gasteiger partial charge in [0.2, 0.25) is 0 Å². The summed E-state index contributed by atoms with van der Waals surface area (Å²) in [6.07, 6.45) is 3.69. The van der Waals surface area contributed by atoms with E-state index in [0.717, 1.165) is 39.3 Å². The molecule has 0 radical (unpaired) electrons. The Labute approximate surface area is 350 Å². The Morgan fingerprint density at radius 1 is 0.776 bits per heavy atom. The normalized spacial score (nSPS) is 17.7. The molecule has 1 N–H and O–H groups in total. The van der Waals surface area contributed by atoms with Crippen molar-refractivity contribution in [1.29, 1.82) is 0 Å². The summed E-state index contributed by atoms with van der Waals surface area (Å²) in [6.45, 7) is 12.9. The van der Waals surface area contributed by atoms with Crippen LogP contribution >= 0.6 is 0 Å². The van der Waals surface area contributed by atoms with Crippen LogP contribution in [-0.2, 0) is 48.5 Å². The van der Waals surface area contributed by atoms with Crippen molar-refractivity contribution < 1.29 is 57.5 Å². The molecule has 3 aromatic carbocycles. The molecule has 1 aliphatic heterocycles. The average Bonchev–Trinajstić information content (AvgIpc) is 3.83. The number of esters is 5. The first-order valence-electron chi connectivity index (χ1n) is 19.6. The van der Waals surface area contributed by atoms with Crippen molar-refractivity contribution >= 4 is 58.0 Å². The molecule has 1 saturated carbocycles. The average molecular weight is 915 g/mol. The first-order chi connectivity index (χ1) is 27.2. The van der Waals surface area contributed by atoms with E-state index in [1.165, 1.54) is 58.9 Å². The van der Waals surface area contributed by atoms with Crippen molar-refractivity contribution in [2.75, 3.05) is 13.2 Å². The second-order valence-electron chi connectivity index (χ2n) is 16.6. The number of hydrogen-bond acceptors (Lipinski definition) is 12. The third-order valence-corrected chi connectivity index (χ3v) is 14.8. The molecule has 312 valence electrons. The van der Waals surface area contributed by atoms with Gasteiger partial charge in [0.25, 0.3) is 0 Å². The summed E-state index contributed by atoms with van der Waals surface area (Å²) in [6, 6.07) is 21.0. The zero-order chi connectivity index (χ0) is 42.5. The molecule has 1 aliphatic carbocycles. The number of phenols is 1. The molecule has 0 amide bonds. The van der Waals surface area contributed by atoms with Crippen LogP contribution in [-0.4, -0.2) is 80.8 Å². The zero-order valence-corrected chi connectivity index (χ0v) is 36.8. The monoisotopic (exact) mass is 916 g/mol. The Bertz CT molecular complexity index is 1960. The molecule has 0 spiro atoms. The second-order valence-corrected chi connectivity index (χ2v) is 19.9. The topological polar surface area (TPSA) is 161 Å². The molecule has 1 saturated heterocycles. The van der Waals surface area contributed by atoms with Crippen molar-refractivity contribution in [3.63, 3.8) is 0 Å². The van der Waals surface area contributed by atoms with Gasteiger partial charge in [0.1, 0.15) is 11.5 Å². The summed E-state index contributed by atoms with van der Waals surface area (Å²) in [7, 11) is 0. The predicted molar refractivity (Wildman–Crippen MR) is 215 cm³/mol. The van der Waals surface area contributed by atoms with Crippen molar-refractivity contribution in [3.8, 4) is 17.2 Å². The van der Waals surface area contributed by atoms with Gasteiger partial charge in [0, 0.05) is 6.42 Å². The molecule has 0 aromatic heterocycles. The van der Waals surface area contributed by atoms with E-state index < -0.39 is 72.8 Å². The van der Waals surface area contributed by atoms with E-state index >= 15 is 0 Å². The molecule has 2 unspecified atom stereocenters. The van der Waals surface area contributed by atoms with E-state index in [1.807, 2.05) is 48.5 Å². The molecule has 12 nitrogen and oxygen atoms in total. The molecular formula is C45H54O12Te. The number of carbonyl (C=O) groups excluding carboxylic acids is 5. The molecule has 2 aliphatic rings. The van der Waals surface area contributed by atoms with Crippen LogP contribution in [0, 0.1) is 16.2 Å². The number of ether oxygens (including phenoxy) is 6. The fraction of sp³-hybridized carbons (Fsp3) is 0.489. The third kappa shape index (κ3) is 9.64. The molecule has 5 rings (SSSR count). The van der Waals surface area contributed by atoms with E-state index in [-0.39, 0.29) is 42.7 Å². The van der Waals surface area contributed by atoms with Crippen LogP contribution in [0.5, 0.6) is 17.2 Å². The van der Waals surface area contributed by atoms with Crippen LogP contribution in [0.4, 0.5) is 0 Å². The van der Waals surface area contributed by atoms with Gasteiger partial charge in [-0.05, 0) is 24.3 Å². The maximum atomic E-state index is 14.4. The predicted octanol–water partition coefficient (Wildman–Crippen LogP) is 5.99. The Morgan fingerprint density at radius 3 is 1.88 bits per heavy atom. The number of carbonyl (C=O) groups is 5. The Kier molecular flexibility index (Phi) is 13.6. The van der Waals surface area contributed by atoms with Gasteiger partial charge in [-0.25, -0.2) is 4.79 Å². The van der Waals surface area contributed by atoms with Crippen LogP contribution in [0.15, 0.2) is 72.8 Å². The van der Waals surface area contributed by atoms with Crippen molar-refractivity contribution in [2.24, 2.45) is 16.2 Å². The van der Waals surface area contributed by atoms with E-state index in [2.05, 4.69) is 6.92 Å². The van der Waals surface area contributed by atoms with E-state index in [1.54, 1.807) is 13.8 Å². The molecule has 13 heteroatoms. The van der Waals surface area contributed by atoms with Gasteiger partial charge in [0.05, 0.1) is 6.61 Å². The second kappa shape index (κ2) is 17.7. The van der Waals surface area contributed by atoms with Gasteiger partial charge < -0.3 is 9.84 Å². The first kappa shape index (κ1) is 44.5. The van der Waals surface area contributed by atoms with Gasteiger partial charge in [-0.3, -0.25) is 0 Å². The SMILES string of the molecule is CCC1(OC(=O)COc2ccc([Te]c3ccc(C(C)(C)OC(=O)C(C)(C)C(C)(C(=O)OC4CCOC4=O)C(C)(C)C(=O)Oc4ccc(O)cc4)cc3)cc2)CCCC1. The summed E-state index contributed by atoms with van der Waals surface area (Å²) in [5.41, 5.74) is -6.22. The van der Waals surface area contributed by atoms with Crippen LogP contribution in [0.2, 0.25) is 0 Å². The summed E-state index contributed by atoms with van der Waals surface area (Å²) < 4.78 is 36.3. The van der Waals surface area contributed by atoms with Gasteiger partial charge in [-0.2, -0.15) is 0 Å². The molecule has 2 fully saturated rings. The number of aromatic hydroxyl groups is 1. The maximum absolute atomic E-state index is 14.4. The molecular weight excluding hydrogens is 860 g/mol. The van der Waals surface area contributed by atoms with Gasteiger partial charge in [-0.1, -0.05) is 0 Å². The fourth-order valence-corrected chi connectivity index (χ4v) is 9.65. The summed E-state index contributed by atoms with van der Waals surface area (Å²) in [5.74, 6) is -2.99. The fourth-order valence-electron chi connectivity index (χ4n) is 7.32. The van der Waals surface area contributed by atoms with Crippen LogP contribution in [0.3, 0.4) is 0 Å². The standard InChI is InChI=1S/C45H54O12Te/c1-9-45(25-10-11-26-45)56-36(47)28-53-31-18-22-34(23-19-31)58-33-20-12-29(13-21-33)43(6,7)57-39(50)42(4,5)44(8,40(51)55-35-24-27-52-37(35)48)41(2,3)38(49)54-32-16-14-30(46)15-17-32/h12-23,35,46H,9-11,24-28H2,1-8H3. The number of rotatable bonds is 16. The Morgan fingerprint density at radius 2 is 1.33 bits per heavy atom. The van der Waals surface area contributed by atoms with Crippen molar-refractivity contribution in [3.05, 3.63) is 78.4 Å². The van der Waals surface area contributed by atoms with Crippen LogP contribution < -0.4 is 16.7 Å². The van der Waals surface area contributed by atoms with Gasteiger partial charge >= 0.3 is 288 Å². The molecule has 58 heavy (non-hydrogen) atoms. The van der Waals surface area contributed by atoms with Crippen molar-refractivity contribution in [2.45, 2.75) is 111 Å². The third-order valence-electron chi connectivity index (χ3n) is 11.9. The zero-order valence-electron chi connectivity index (χ0n) is 34.5. The van der Waals surface area contributed by atoms with Gasteiger partial charge in [0.15, 0.2) is 0 Å². The molecule has 0 bridgehead atoms. The minimum absolute atomic E-state index is 0.0312. The first-order valence-corrected chi connectivity index (χ1v) is 21.9. The molecule has 3 aromatic rings. The number of hydrogen-bond donors (Lipinski definition) is 1. The minimum atomic E-state index is -1.95. The van der Waals surface area contributed by atoms with Crippen molar-refractivity contribution in [1.82, 2.24) is 0 Å². The van der Waals surface area contributed by atoms with Crippen LogP contribution in [0.25, 0.3) is 0 Å². The summed E-state index contributed by atoms with van der Waals surface area (Å²) in [5, 5.41) is 9.70. The summed E-state index contributed by atoms with van der Waals surface area (Å²) in [4.78, 5) is 67.3. The van der Waals surface area contributed by atoms with Crippen LogP contribution in [0.1, 0.15) is 99.5 Å². The summed E-state index contributed by atoms with van der Waals surface area (Å²) >= 11 is -0.797. The van der Waals surface area contributed by atoms with E-state index in [4.69, 9.17) is 28.4 Å². The van der Waals surface area contributed by atoms with E-state index in [9.17, 15) is 29.1 Å². The molecule has 1 heterocycles. The van der Waals surface area contributed by atoms with E-state index in [0.29, 0.717) is 11.3 Å². The Hall–Kier alpha value is -4.60. The number of cyclic esters (lactones) is 1. The van der Waals surface area contributed by atoms with Gasteiger partial charge in [-0.15, -0.1) is 0 Å². The Balaban J connectivity index is 1.27. The quantitative estimate of drug-likeness (QED) is 0.0775. The number of phenolic OH excluding ortho intramolecular Hbond substituents is 1. The molecule has 2 atom stereocenters. The number of benzene rings is 3.